The number of aryl methyl sites for hydroxylation is 2. The molecule has 0 bridgehead atoms. The number of halogens is 1. The van der Waals surface area contributed by atoms with Crippen LogP contribution in [0.3, 0.4) is 0 Å². The van der Waals surface area contributed by atoms with Crippen LogP contribution in [0.1, 0.15) is 18.1 Å². The predicted octanol–water partition coefficient (Wildman–Crippen LogP) is 4.36. The van der Waals surface area contributed by atoms with Crippen LogP contribution in [0, 0.1) is 13.8 Å². The Labute approximate surface area is 129 Å². The summed E-state index contributed by atoms with van der Waals surface area (Å²) in [7, 11) is 0. The van der Waals surface area contributed by atoms with Gasteiger partial charge in [0.25, 0.3) is 5.91 Å². The Hall–Kier alpha value is -2.00. The standard InChI is InChI=1S/C17H18ClNO2/c1-11-5-4-6-15(9-11)21-13(3)17(20)19-14-8-7-12(2)16(18)10-14/h4-10,13H,1-3H3,(H,19,20). The van der Waals surface area contributed by atoms with Gasteiger partial charge in [0.05, 0.1) is 0 Å². The molecule has 2 aromatic rings. The Morgan fingerprint density at radius 2 is 1.95 bits per heavy atom. The quantitative estimate of drug-likeness (QED) is 0.911. The Morgan fingerprint density at radius 3 is 2.62 bits per heavy atom. The van der Waals surface area contributed by atoms with Crippen molar-refractivity contribution in [3.8, 4) is 5.75 Å². The van der Waals surface area contributed by atoms with Crippen molar-refractivity contribution < 1.29 is 9.53 Å². The first-order chi connectivity index (χ1) is 9.95. The van der Waals surface area contributed by atoms with E-state index in [2.05, 4.69) is 5.32 Å². The first-order valence-electron chi connectivity index (χ1n) is 6.76. The number of nitrogens with one attached hydrogen (secondary N) is 1. The second-order valence-electron chi connectivity index (χ2n) is 5.03. The molecule has 1 N–H and O–H groups in total. The van der Waals surface area contributed by atoms with Crippen molar-refractivity contribution >= 4 is 23.2 Å². The zero-order valence-corrected chi connectivity index (χ0v) is 13.1. The largest absolute Gasteiger partial charge is 0.481 e. The molecule has 0 aliphatic rings. The third kappa shape index (κ3) is 4.23. The van der Waals surface area contributed by atoms with Crippen molar-refractivity contribution in [1.82, 2.24) is 0 Å². The molecule has 1 atom stereocenters. The van der Waals surface area contributed by atoms with Gasteiger partial charge in [-0.1, -0.05) is 29.8 Å². The molecule has 0 aromatic heterocycles. The fraction of sp³-hybridized carbons (Fsp3) is 0.235. The Morgan fingerprint density at radius 1 is 1.19 bits per heavy atom. The van der Waals surface area contributed by atoms with Crippen molar-refractivity contribution in [1.29, 1.82) is 0 Å². The summed E-state index contributed by atoms with van der Waals surface area (Å²) in [5.74, 6) is 0.469. The van der Waals surface area contributed by atoms with Crippen LogP contribution in [0.5, 0.6) is 5.75 Å². The summed E-state index contributed by atoms with van der Waals surface area (Å²) in [5.41, 5.74) is 2.72. The van der Waals surface area contributed by atoms with E-state index in [0.29, 0.717) is 16.5 Å². The summed E-state index contributed by atoms with van der Waals surface area (Å²) in [4.78, 5) is 12.1. The lowest BCUT2D eigenvalue weighted by Gasteiger charge is -2.15. The number of hydrogen-bond donors (Lipinski definition) is 1. The van der Waals surface area contributed by atoms with E-state index in [9.17, 15) is 4.79 Å². The molecule has 2 rings (SSSR count). The minimum absolute atomic E-state index is 0.212. The second kappa shape index (κ2) is 6.64. The molecule has 2 aromatic carbocycles. The van der Waals surface area contributed by atoms with E-state index in [1.165, 1.54) is 0 Å². The first kappa shape index (κ1) is 15.4. The maximum Gasteiger partial charge on any atom is 0.265 e. The van der Waals surface area contributed by atoms with Crippen LogP contribution >= 0.6 is 11.6 Å². The second-order valence-corrected chi connectivity index (χ2v) is 5.44. The van der Waals surface area contributed by atoms with Gasteiger partial charge in [-0.25, -0.2) is 0 Å². The van der Waals surface area contributed by atoms with Crippen LogP contribution in [0.4, 0.5) is 5.69 Å². The molecular weight excluding hydrogens is 286 g/mol. The van der Waals surface area contributed by atoms with Crippen molar-refractivity contribution in [2.24, 2.45) is 0 Å². The zero-order chi connectivity index (χ0) is 15.4. The maximum atomic E-state index is 12.1. The van der Waals surface area contributed by atoms with Crippen molar-refractivity contribution in [3.63, 3.8) is 0 Å². The highest BCUT2D eigenvalue weighted by atomic mass is 35.5. The number of ether oxygens (including phenoxy) is 1. The van der Waals surface area contributed by atoms with Gasteiger partial charge in [-0.2, -0.15) is 0 Å². The molecule has 0 saturated heterocycles. The average Bonchev–Trinajstić information content (AvgIpc) is 2.43. The topological polar surface area (TPSA) is 38.3 Å². The summed E-state index contributed by atoms with van der Waals surface area (Å²) in [6.45, 7) is 5.61. The zero-order valence-electron chi connectivity index (χ0n) is 12.3. The van der Waals surface area contributed by atoms with E-state index in [0.717, 1.165) is 11.1 Å². The Kier molecular flexibility index (Phi) is 4.86. The molecule has 1 unspecified atom stereocenters. The lowest BCUT2D eigenvalue weighted by molar-refractivity contribution is -0.122. The molecule has 0 saturated carbocycles. The van der Waals surface area contributed by atoms with E-state index in [4.69, 9.17) is 16.3 Å². The van der Waals surface area contributed by atoms with Gasteiger partial charge in [-0.3, -0.25) is 4.79 Å². The number of rotatable bonds is 4. The lowest BCUT2D eigenvalue weighted by Crippen LogP contribution is -2.30. The highest BCUT2D eigenvalue weighted by Crippen LogP contribution is 2.20. The summed E-state index contributed by atoms with van der Waals surface area (Å²) in [5, 5.41) is 3.42. The fourth-order valence-electron chi connectivity index (χ4n) is 1.86. The smallest absolute Gasteiger partial charge is 0.265 e. The molecule has 3 nitrogen and oxygen atoms in total. The number of benzene rings is 2. The minimum atomic E-state index is -0.591. The van der Waals surface area contributed by atoms with E-state index >= 15 is 0 Å². The van der Waals surface area contributed by atoms with Crippen molar-refractivity contribution in [2.45, 2.75) is 26.9 Å². The van der Waals surface area contributed by atoms with Crippen LogP contribution in [0.25, 0.3) is 0 Å². The Bertz CT molecular complexity index is 655. The van der Waals surface area contributed by atoms with Gasteiger partial charge < -0.3 is 10.1 Å². The lowest BCUT2D eigenvalue weighted by atomic mass is 10.2. The Balaban J connectivity index is 2.00. The van der Waals surface area contributed by atoms with Crippen LogP contribution in [-0.4, -0.2) is 12.0 Å². The molecule has 0 fully saturated rings. The number of hydrogen-bond acceptors (Lipinski definition) is 2. The molecule has 0 aliphatic carbocycles. The fourth-order valence-corrected chi connectivity index (χ4v) is 2.04. The van der Waals surface area contributed by atoms with E-state index in [1.54, 1.807) is 13.0 Å². The van der Waals surface area contributed by atoms with Gasteiger partial charge in [0.1, 0.15) is 5.75 Å². The summed E-state index contributed by atoms with van der Waals surface area (Å²) in [6.07, 6.45) is -0.591. The minimum Gasteiger partial charge on any atom is -0.481 e. The molecule has 21 heavy (non-hydrogen) atoms. The van der Waals surface area contributed by atoms with Gasteiger partial charge in [0, 0.05) is 10.7 Å². The molecule has 4 heteroatoms. The number of amides is 1. The van der Waals surface area contributed by atoms with Gasteiger partial charge >= 0.3 is 0 Å². The number of anilines is 1. The first-order valence-corrected chi connectivity index (χ1v) is 7.14. The predicted molar refractivity (Wildman–Crippen MR) is 86.1 cm³/mol. The van der Waals surface area contributed by atoms with Crippen LogP contribution in [-0.2, 0) is 4.79 Å². The normalized spacial score (nSPS) is 11.8. The van der Waals surface area contributed by atoms with Crippen molar-refractivity contribution in [2.75, 3.05) is 5.32 Å². The number of carbonyl (C=O) groups is 1. The van der Waals surface area contributed by atoms with Gasteiger partial charge in [-0.15, -0.1) is 0 Å². The number of carbonyl (C=O) groups excluding carboxylic acids is 1. The molecular formula is C17H18ClNO2. The van der Waals surface area contributed by atoms with E-state index < -0.39 is 6.10 Å². The van der Waals surface area contributed by atoms with E-state index in [-0.39, 0.29) is 5.91 Å². The third-order valence-electron chi connectivity index (χ3n) is 3.11. The van der Waals surface area contributed by atoms with Gasteiger partial charge in [0.15, 0.2) is 6.10 Å². The van der Waals surface area contributed by atoms with Crippen LogP contribution < -0.4 is 10.1 Å². The monoisotopic (exact) mass is 303 g/mol. The molecule has 1 amide bonds. The molecule has 110 valence electrons. The summed E-state index contributed by atoms with van der Waals surface area (Å²) < 4.78 is 5.64. The average molecular weight is 304 g/mol. The summed E-state index contributed by atoms with van der Waals surface area (Å²) >= 11 is 6.04. The van der Waals surface area contributed by atoms with E-state index in [1.807, 2.05) is 50.2 Å². The van der Waals surface area contributed by atoms with Crippen molar-refractivity contribution in [3.05, 3.63) is 58.6 Å². The van der Waals surface area contributed by atoms with Crippen LogP contribution in [0.15, 0.2) is 42.5 Å². The van der Waals surface area contributed by atoms with Crippen LogP contribution in [0.2, 0.25) is 5.02 Å². The molecule has 0 heterocycles. The molecule has 0 spiro atoms. The maximum absolute atomic E-state index is 12.1. The van der Waals surface area contributed by atoms with Gasteiger partial charge in [0.2, 0.25) is 0 Å². The molecule has 0 radical (unpaired) electrons. The molecule has 0 aliphatic heterocycles. The SMILES string of the molecule is Cc1cccc(OC(C)C(=O)Nc2ccc(C)c(Cl)c2)c1. The highest BCUT2D eigenvalue weighted by Gasteiger charge is 2.15. The highest BCUT2D eigenvalue weighted by molar-refractivity contribution is 6.31. The third-order valence-corrected chi connectivity index (χ3v) is 3.52. The summed E-state index contributed by atoms with van der Waals surface area (Å²) in [6, 6.07) is 13.0. The van der Waals surface area contributed by atoms with Gasteiger partial charge in [-0.05, 0) is 56.2 Å².